The van der Waals surface area contributed by atoms with Gasteiger partial charge >= 0.3 is 0 Å². The third kappa shape index (κ3) is 5.94. The molecule has 0 nitrogen and oxygen atoms in total. The van der Waals surface area contributed by atoms with E-state index in [2.05, 4.69) is 24.8 Å². The van der Waals surface area contributed by atoms with Crippen LogP contribution in [0.5, 0.6) is 0 Å². The Balaban J connectivity index is 1.28. The van der Waals surface area contributed by atoms with Crippen LogP contribution >= 0.6 is 0 Å². The minimum atomic E-state index is -0.716. The third-order valence-electron chi connectivity index (χ3n) is 8.43. The van der Waals surface area contributed by atoms with Gasteiger partial charge in [-0.15, -0.1) is 6.58 Å². The second kappa shape index (κ2) is 11.4. The van der Waals surface area contributed by atoms with Gasteiger partial charge in [0.2, 0.25) is 0 Å². The summed E-state index contributed by atoms with van der Waals surface area (Å²) in [7, 11) is 0. The Morgan fingerprint density at radius 1 is 0.788 bits per heavy atom. The molecule has 2 aliphatic carbocycles. The van der Waals surface area contributed by atoms with Gasteiger partial charge in [0.1, 0.15) is 0 Å². The van der Waals surface area contributed by atoms with E-state index in [4.69, 9.17) is 0 Å². The summed E-state index contributed by atoms with van der Waals surface area (Å²) in [5.41, 5.74) is 2.95. The highest BCUT2D eigenvalue weighted by molar-refractivity contribution is 5.65. The van der Waals surface area contributed by atoms with E-state index < -0.39 is 11.6 Å². The summed E-state index contributed by atoms with van der Waals surface area (Å²) in [5, 5.41) is 0. The van der Waals surface area contributed by atoms with E-state index >= 15 is 0 Å². The second-order valence-electron chi connectivity index (χ2n) is 10.6. The predicted molar refractivity (Wildman–Crippen MR) is 135 cm³/mol. The van der Waals surface area contributed by atoms with E-state index in [0.29, 0.717) is 23.5 Å². The maximum absolute atomic E-state index is 14.6. The lowest BCUT2D eigenvalue weighted by molar-refractivity contribution is 0.246. The molecular weight excluding hydrogens is 410 g/mol. The molecule has 0 amide bonds. The molecule has 2 aromatic rings. The van der Waals surface area contributed by atoms with Crippen LogP contribution in [0.25, 0.3) is 11.1 Å². The lowest BCUT2D eigenvalue weighted by Crippen LogP contribution is -2.17. The molecule has 0 bridgehead atoms. The Kier molecular flexibility index (Phi) is 8.39. The molecule has 2 saturated carbocycles. The first-order chi connectivity index (χ1) is 16.1. The topological polar surface area (TPSA) is 0 Å². The monoisotopic (exact) mass is 450 g/mol. The lowest BCUT2D eigenvalue weighted by Gasteiger charge is -2.31. The zero-order chi connectivity index (χ0) is 23.2. The molecule has 0 radical (unpaired) electrons. The molecular formula is C31H40F2. The minimum absolute atomic E-state index is 0.365. The van der Waals surface area contributed by atoms with Crippen LogP contribution in [-0.4, -0.2) is 0 Å². The van der Waals surface area contributed by atoms with E-state index in [0.717, 1.165) is 29.7 Å². The van der Waals surface area contributed by atoms with Crippen molar-refractivity contribution in [1.82, 2.24) is 0 Å². The number of hydrogen-bond acceptors (Lipinski definition) is 0. The molecule has 178 valence electrons. The quantitative estimate of drug-likeness (QED) is 0.351. The highest BCUT2D eigenvalue weighted by Gasteiger charge is 2.25. The molecule has 33 heavy (non-hydrogen) atoms. The normalized spacial score (nSPS) is 25.7. The number of allylic oxidation sites excluding steroid dienone is 1. The van der Waals surface area contributed by atoms with Crippen LogP contribution in [0.4, 0.5) is 8.78 Å². The molecule has 0 heterocycles. The van der Waals surface area contributed by atoms with Gasteiger partial charge in [0, 0.05) is 5.56 Å². The van der Waals surface area contributed by atoms with Crippen LogP contribution in [-0.2, 0) is 6.42 Å². The van der Waals surface area contributed by atoms with Gasteiger partial charge in [-0.05, 0) is 98.1 Å². The Morgan fingerprint density at radius 3 is 1.97 bits per heavy atom. The molecule has 0 aromatic heterocycles. The fourth-order valence-corrected chi connectivity index (χ4v) is 6.18. The zero-order valence-electron chi connectivity index (χ0n) is 20.3. The largest absolute Gasteiger partial charge is 0.203 e. The van der Waals surface area contributed by atoms with Gasteiger partial charge in [0.25, 0.3) is 0 Å². The Labute approximate surface area is 199 Å². The van der Waals surface area contributed by atoms with E-state index in [9.17, 15) is 8.78 Å². The highest BCUT2D eigenvalue weighted by atomic mass is 19.2. The molecule has 0 unspecified atom stereocenters. The number of hydrogen-bond donors (Lipinski definition) is 0. The second-order valence-corrected chi connectivity index (χ2v) is 10.6. The first kappa shape index (κ1) is 24.2. The Morgan fingerprint density at radius 2 is 1.39 bits per heavy atom. The van der Waals surface area contributed by atoms with Gasteiger partial charge in [0.05, 0.1) is 0 Å². The maximum Gasteiger partial charge on any atom is 0.166 e. The summed E-state index contributed by atoms with van der Waals surface area (Å²) in [4.78, 5) is 0. The minimum Gasteiger partial charge on any atom is -0.203 e. The summed E-state index contributed by atoms with van der Waals surface area (Å²) in [6.07, 6.45) is 17.0. The Hall–Kier alpha value is -1.96. The lowest BCUT2D eigenvalue weighted by atomic mass is 9.74. The fourth-order valence-electron chi connectivity index (χ4n) is 6.18. The molecule has 0 aliphatic heterocycles. The van der Waals surface area contributed by atoms with Gasteiger partial charge in [-0.1, -0.05) is 68.7 Å². The summed E-state index contributed by atoms with van der Waals surface area (Å²) < 4.78 is 29.0. The molecule has 0 atom stereocenters. The van der Waals surface area contributed by atoms with E-state index in [1.165, 1.54) is 69.8 Å². The fraction of sp³-hybridized carbons (Fsp3) is 0.548. The average Bonchev–Trinajstić information content (AvgIpc) is 2.87. The van der Waals surface area contributed by atoms with Crippen LogP contribution in [0.1, 0.15) is 94.6 Å². The van der Waals surface area contributed by atoms with Crippen LogP contribution in [0.2, 0.25) is 0 Å². The van der Waals surface area contributed by atoms with Crippen LogP contribution < -0.4 is 0 Å². The van der Waals surface area contributed by atoms with Gasteiger partial charge in [-0.25, -0.2) is 8.78 Å². The van der Waals surface area contributed by atoms with E-state index in [1.807, 2.05) is 19.1 Å². The third-order valence-corrected chi connectivity index (χ3v) is 8.43. The van der Waals surface area contributed by atoms with Crippen molar-refractivity contribution in [2.24, 2.45) is 17.8 Å². The number of halogens is 2. The summed E-state index contributed by atoms with van der Waals surface area (Å²) in [6, 6.07) is 11.7. The first-order valence-corrected chi connectivity index (χ1v) is 13.3. The van der Waals surface area contributed by atoms with Crippen molar-refractivity contribution in [2.45, 2.75) is 89.9 Å². The van der Waals surface area contributed by atoms with Gasteiger partial charge in [-0.2, -0.15) is 0 Å². The molecule has 0 N–H and O–H groups in total. The van der Waals surface area contributed by atoms with Crippen LogP contribution in [0.3, 0.4) is 0 Å². The Bertz CT molecular complexity index is 897. The number of benzene rings is 2. The molecule has 2 fully saturated rings. The SMILES string of the molecule is C=CC1CCC(CCC2CCC(c3ccc(-c4ccc(CCC)c(F)c4F)cc3)CC2)CC1. The van der Waals surface area contributed by atoms with Gasteiger partial charge < -0.3 is 0 Å². The number of aryl methyl sites for hydroxylation is 1. The van der Waals surface area contributed by atoms with Crippen LogP contribution in [0.15, 0.2) is 49.1 Å². The molecule has 4 rings (SSSR count). The molecule has 2 heteroatoms. The van der Waals surface area contributed by atoms with Crippen molar-refractivity contribution < 1.29 is 8.78 Å². The van der Waals surface area contributed by atoms with Crippen molar-refractivity contribution in [3.8, 4) is 11.1 Å². The standard InChI is InChI=1S/C31H40F2/c1-3-5-28-20-21-29(31(33)30(28)32)27-18-16-26(17-19-27)25-14-12-24(13-15-25)11-10-23-8-6-22(4-2)7-9-23/h4,16-25H,2-3,5-15H2,1H3. The summed E-state index contributed by atoms with van der Waals surface area (Å²) in [6.45, 7) is 5.94. The molecule has 2 aliphatic rings. The van der Waals surface area contributed by atoms with Crippen molar-refractivity contribution in [1.29, 1.82) is 0 Å². The van der Waals surface area contributed by atoms with Gasteiger partial charge in [0.15, 0.2) is 11.6 Å². The van der Waals surface area contributed by atoms with E-state index in [1.54, 1.807) is 12.1 Å². The van der Waals surface area contributed by atoms with Crippen molar-refractivity contribution in [3.63, 3.8) is 0 Å². The van der Waals surface area contributed by atoms with E-state index in [-0.39, 0.29) is 0 Å². The van der Waals surface area contributed by atoms with Crippen molar-refractivity contribution >= 4 is 0 Å². The summed E-state index contributed by atoms with van der Waals surface area (Å²) >= 11 is 0. The molecule has 0 saturated heterocycles. The van der Waals surface area contributed by atoms with Crippen LogP contribution in [0, 0.1) is 29.4 Å². The maximum atomic E-state index is 14.6. The number of rotatable bonds is 8. The zero-order valence-corrected chi connectivity index (χ0v) is 20.3. The predicted octanol–water partition coefficient (Wildman–Crippen LogP) is 9.63. The van der Waals surface area contributed by atoms with Crippen molar-refractivity contribution in [3.05, 3.63) is 71.8 Å². The highest BCUT2D eigenvalue weighted by Crippen LogP contribution is 2.40. The molecule has 0 spiro atoms. The summed E-state index contributed by atoms with van der Waals surface area (Å²) in [5.74, 6) is 1.78. The van der Waals surface area contributed by atoms with Gasteiger partial charge in [-0.3, -0.25) is 0 Å². The smallest absolute Gasteiger partial charge is 0.166 e. The molecule has 2 aromatic carbocycles. The average molecular weight is 451 g/mol. The van der Waals surface area contributed by atoms with Crippen molar-refractivity contribution in [2.75, 3.05) is 0 Å². The first-order valence-electron chi connectivity index (χ1n) is 13.3.